The fraction of sp³-hybridized carbons (Fsp3) is 0.458. The summed E-state index contributed by atoms with van der Waals surface area (Å²) < 4.78 is 32.9. The van der Waals surface area contributed by atoms with Crippen LogP contribution in [0.25, 0.3) is 0 Å². The van der Waals surface area contributed by atoms with Gasteiger partial charge in [0.05, 0.1) is 24.2 Å². The summed E-state index contributed by atoms with van der Waals surface area (Å²) in [5, 5.41) is 2.87. The standard InChI is InChI=1S/C24H32N4O4S/c1-32-23-11-4-3-10-22(23)27-16-14-26(15-17-27)19-24(29)25-20-8-7-9-21(18-20)33(30,31)28-12-5-2-6-13-28/h3-4,7-11,18H,2,5-6,12-17,19H2,1H3,(H,25,29). The minimum absolute atomic E-state index is 0.145. The third kappa shape index (κ3) is 5.66. The van der Waals surface area contributed by atoms with E-state index >= 15 is 0 Å². The fourth-order valence-corrected chi connectivity index (χ4v) is 5.99. The molecule has 0 aromatic heterocycles. The number of rotatable bonds is 7. The zero-order chi connectivity index (χ0) is 23.3. The molecule has 0 unspecified atom stereocenters. The van der Waals surface area contributed by atoms with E-state index in [1.807, 2.05) is 24.3 Å². The maximum absolute atomic E-state index is 12.9. The van der Waals surface area contributed by atoms with Gasteiger partial charge in [-0.1, -0.05) is 24.6 Å². The molecule has 2 saturated heterocycles. The SMILES string of the molecule is COc1ccccc1N1CCN(CC(=O)Nc2cccc(S(=O)(=O)N3CCCCC3)c2)CC1. The Morgan fingerprint density at radius 2 is 1.67 bits per heavy atom. The Morgan fingerprint density at radius 3 is 2.39 bits per heavy atom. The molecule has 4 rings (SSSR count). The Hall–Kier alpha value is -2.62. The van der Waals surface area contributed by atoms with Gasteiger partial charge in [0.1, 0.15) is 5.75 Å². The molecule has 2 heterocycles. The summed E-state index contributed by atoms with van der Waals surface area (Å²) in [5.41, 5.74) is 1.57. The summed E-state index contributed by atoms with van der Waals surface area (Å²) in [5.74, 6) is 0.705. The van der Waals surface area contributed by atoms with E-state index in [0.29, 0.717) is 18.8 Å². The molecule has 0 saturated carbocycles. The number of carbonyl (C=O) groups is 1. The Morgan fingerprint density at radius 1 is 0.939 bits per heavy atom. The number of benzene rings is 2. The number of anilines is 2. The number of carbonyl (C=O) groups excluding carboxylic acids is 1. The molecular formula is C24H32N4O4S. The van der Waals surface area contributed by atoms with Crippen molar-refractivity contribution in [1.29, 1.82) is 0 Å². The van der Waals surface area contributed by atoms with E-state index in [4.69, 9.17) is 4.74 Å². The molecule has 2 aromatic carbocycles. The van der Waals surface area contributed by atoms with Crippen LogP contribution in [-0.2, 0) is 14.8 Å². The first-order valence-corrected chi connectivity index (χ1v) is 12.9. The van der Waals surface area contributed by atoms with Gasteiger partial charge in [-0.3, -0.25) is 9.69 Å². The van der Waals surface area contributed by atoms with Crippen molar-refractivity contribution in [3.8, 4) is 5.75 Å². The van der Waals surface area contributed by atoms with Crippen molar-refractivity contribution < 1.29 is 17.9 Å². The van der Waals surface area contributed by atoms with Gasteiger partial charge < -0.3 is 15.0 Å². The molecule has 1 N–H and O–H groups in total. The summed E-state index contributed by atoms with van der Waals surface area (Å²) in [4.78, 5) is 17.3. The summed E-state index contributed by atoms with van der Waals surface area (Å²) >= 11 is 0. The number of piperidine rings is 1. The summed E-state index contributed by atoms with van der Waals surface area (Å²) in [6, 6.07) is 14.5. The van der Waals surface area contributed by atoms with Crippen LogP contribution in [0, 0.1) is 0 Å². The van der Waals surface area contributed by atoms with Crippen molar-refractivity contribution in [2.75, 3.05) is 63.1 Å². The molecule has 2 aromatic rings. The first-order valence-electron chi connectivity index (χ1n) is 11.5. The molecule has 0 spiro atoms. The van der Waals surface area contributed by atoms with Crippen LogP contribution in [0.3, 0.4) is 0 Å². The van der Waals surface area contributed by atoms with E-state index in [1.165, 1.54) is 0 Å². The van der Waals surface area contributed by atoms with Crippen LogP contribution in [0.5, 0.6) is 5.75 Å². The molecule has 178 valence electrons. The molecule has 33 heavy (non-hydrogen) atoms. The minimum Gasteiger partial charge on any atom is -0.495 e. The van der Waals surface area contributed by atoms with Gasteiger partial charge in [-0.05, 0) is 43.2 Å². The molecule has 0 bridgehead atoms. The van der Waals surface area contributed by atoms with Crippen LogP contribution in [0.4, 0.5) is 11.4 Å². The molecule has 9 heteroatoms. The van der Waals surface area contributed by atoms with Crippen LogP contribution >= 0.6 is 0 Å². The fourth-order valence-electron chi connectivity index (χ4n) is 4.43. The average molecular weight is 473 g/mol. The Labute approximate surface area is 196 Å². The number of amides is 1. The van der Waals surface area contributed by atoms with E-state index in [0.717, 1.165) is 56.9 Å². The highest BCUT2D eigenvalue weighted by molar-refractivity contribution is 7.89. The lowest BCUT2D eigenvalue weighted by atomic mass is 10.2. The molecule has 2 aliphatic rings. The van der Waals surface area contributed by atoms with E-state index in [-0.39, 0.29) is 17.3 Å². The van der Waals surface area contributed by atoms with Gasteiger partial charge >= 0.3 is 0 Å². The van der Waals surface area contributed by atoms with Gasteiger partial charge in [-0.25, -0.2) is 8.42 Å². The van der Waals surface area contributed by atoms with E-state index < -0.39 is 10.0 Å². The van der Waals surface area contributed by atoms with Crippen LogP contribution in [0.2, 0.25) is 0 Å². The summed E-state index contributed by atoms with van der Waals surface area (Å²) in [7, 11) is -1.86. The highest BCUT2D eigenvalue weighted by Crippen LogP contribution is 2.28. The van der Waals surface area contributed by atoms with E-state index in [9.17, 15) is 13.2 Å². The lowest BCUT2D eigenvalue weighted by Gasteiger charge is -2.36. The number of para-hydroxylation sites is 2. The Bertz CT molecular complexity index is 1060. The minimum atomic E-state index is -3.53. The first-order chi connectivity index (χ1) is 16.0. The maximum atomic E-state index is 12.9. The summed E-state index contributed by atoms with van der Waals surface area (Å²) in [6.45, 7) is 4.50. The number of hydrogen-bond acceptors (Lipinski definition) is 6. The molecule has 8 nitrogen and oxygen atoms in total. The van der Waals surface area contributed by atoms with Gasteiger partial charge in [-0.15, -0.1) is 0 Å². The van der Waals surface area contributed by atoms with Crippen molar-refractivity contribution in [2.24, 2.45) is 0 Å². The number of methoxy groups -OCH3 is 1. The smallest absolute Gasteiger partial charge is 0.243 e. The largest absolute Gasteiger partial charge is 0.495 e. The normalized spacial score (nSPS) is 18.2. The first kappa shape index (κ1) is 23.5. The number of ether oxygens (including phenoxy) is 1. The maximum Gasteiger partial charge on any atom is 0.243 e. The van der Waals surface area contributed by atoms with Gasteiger partial charge in [0.2, 0.25) is 15.9 Å². The zero-order valence-electron chi connectivity index (χ0n) is 19.1. The molecule has 0 atom stereocenters. The lowest BCUT2D eigenvalue weighted by molar-refractivity contribution is -0.117. The predicted molar refractivity (Wildman–Crippen MR) is 129 cm³/mol. The molecule has 0 aliphatic carbocycles. The number of nitrogens with zero attached hydrogens (tertiary/aromatic N) is 3. The van der Waals surface area contributed by atoms with Gasteiger partial charge in [0.15, 0.2) is 0 Å². The van der Waals surface area contributed by atoms with Crippen LogP contribution in [0.1, 0.15) is 19.3 Å². The number of hydrogen-bond donors (Lipinski definition) is 1. The van der Waals surface area contributed by atoms with Crippen molar-refractivity contribution in [2.45, 2.75) is 24.2 Å². The Balaban J connectivity index is 1.32. The lowest BCUT2D eigenvalue weighted by Crippen LogP contribution is -2.48. The third-order valence-corrected chi connectivity index (χ3v) is 8.13. The average Bonchev–Trinajstić information content (AvgIpc) is 2.85. The zero-order valence-corrected chi connectivity index (χ0v) is 19.9. The molecule has 2 aliphatic heterocycles. The van der Waals surface area contributed by atoms with Crippen molar-refractivity contribution >= 4 is 27.3 Å². The second kappa shape index (κ2) is 10.5. The second-order valence-corrected chi connectivity index (χ2v) is 10.4. The molecule has 2 fully saturated rings. The van der Waals surface area contributed by atoms with E-state index in [1.54, 1.807) is 35.7 Å². The predicted octanol–water partition coefficient (Wildman–Crippen LogP) is 2.63. The summed E-state index contributed by atoms with van der Waals surface area (Å²) in [6.07, 6.45) is 2.84. The third-order valence-electron chi connectivity index (χ3n) is 6.24. The molecule has 1 amide bonds. The van der Waals surface area contributed by atoms with E-state index in [2.05, 4.69) is 15.1 Å². The number of piperazine rings is 1. The van der Waals surface area contributed by atoms with Crippen molar-refractivity contribution in [3.05, 3.63) is 48.5 Å². The molecule has 0 radical (unpaired) electrons. The Kier molecular flexibility index (Phi) is 7.52. The van der Waals surface area contributed by atoms with Crippen LogP contribution in [0.15, 0.2) is 53.4 Å². The number of sulfonamides is 1. The highest BCUT2D eigenvalue weighted by atomic mass is 32.2. The van der Waals surface area contributed by atoms with Gasteiger partial charge in [0.25, 0.3) is 0 Å². The highest BCUT2D eigenvalue weighted by Gasteiger charge is 2.26. The number of nitrogens with one attached hydrogen (secondary N) is 1. The van der Waals surface area contributed by atoms with Crippen molar-refractivity contribution in [3.63, 3.8) is 0 Å². The van der Waals surface area contributed by atoms with Crippen molar-refractivity contribution in [1.82, 2.24) is 9.21 Å². The quantitative estimate of drug-likeness (QED) is 0.667. The topological polar surface area (TPSA) is 82.2 Å². The van der Waals surface area contributed by atoms with Crippen LogP contribution in [-0.4, -0.2) is 76.5 Å². The second-order valence-electron chi connectivity index (χ2n) is 8.48. The van der Waals surface area contributed by atoms with Gasteiger partial charge in [0, 0.05) is 45.0 Å². The van der Waals surface area contributed by atoms with Gasteiger partial charge in [-0.2, -0.15) is 4.31 Å². The molecular weight excluding hydrogens is 440 g/mol. The monoisotopic (exact) mass is 472 g/mol. The van der Waals surface area contributed by atoms with Crippen LogP contribution < -0.4 is 15.0 Å².